The summed E-state index contributed by atoms with van der Waals surface area (Å²) in [5.41, 5.74) is 3.93. The Hall–Kier alpha value is -2.98. The predicted octanol–water partition coefficient (Wildman–Crippen LogP) is 4.68. The lowest BCUT2D eigenvalue weighted by Crippen LogP contribution is -2.18. The number of nitriles is 1. The van der Waals surface area contributed by atoms with Crippen molar-refractivity contribution in [3.63, 3.8) is 0 Å². The predicted molar refractivity (Wildman–Crippen MR) is 115 cm³/mol. The van der Waals surface area contributed by atoms with Gasteiger partial charge in [-0.15, -0.1) is 0 Å². The Balaban J connectivity index is 1.87. The summed E-state index contributed by atoms with van der Waals surface area (Å²) in [5, 5.41) is 10.8. The van der Waals surface area contributed by atoms with Gasteiger partial charge in [-0.25, -0.2) is 8.42 Å². The highest BCUT2D eigenvalue weighted by molar-refractivity contribution is 7.92. The van der Waals surface area contributed by atoms with Gasteiger partial charge in [0.2, 0.25) is 10.0 Å². The minimum absolute atomic E-state index is 0.0189. The molecule has 150 valence electrons. The molecule has 1 aliphatic rings. The molecule has 1 aliphatic carbocycles. The Bertz CT molecular complexity index is 1200. The van der Waals surface area contributed by atoms with E-state index < -0.39 is 10.0 Å². The molecule has 1 heterocycles. The van der Waals surface area contributed by atoms with Gasteiger partial charge in [0.15, 0.2) is 0 Å². The number of anilines is 1. The molecule has 29 heavy (non-hydrogen) atoms. The van der Waals surface area contributed by atoms with Gasteiger partial charge < -0.3 is 9.30 Å². The van der Waals surface area contributed by atoms with Crippen LogP contribution in [0.5, 0.6) is 5.75 Å². The molecule has 1 N–H and O–H groups in total. The van der Waals surface area contributed by atoms with E-state index in [1.165, 1.54) is 6.42 Å². The average Bonchev–Trinajstić information content (AvgIpc) is 3.00. The molecule has 0 amide bonds. The van der Waals surface area contributed by atoms with Crippen LogP contribution in [0.4, 0.5) is 5.69 Å². The number of aromatic nitrogens is 1. The fraction of sp³-hybridized carbons (Fsp3) is 0.318. The Labute approximate surface area is 170 Å². The molecule has 1 fully saturated rings. The molecule has 1 aromatic heterocycles. The van der Waals surface area contributed by atoms with Crippen molar-refractivity contribution in [3.05, 3.63) is 48.0 Å². The van der Waals surface area contributed by atoms with Crippen LogP contribution in [-0.2, 0) is 10.0 Å². The SMILES string of the molecule is CCS(=O)(=O)Nc1ccc(-c2c(C#N)c3cc(OC)ccc3n2C2CCC2)cc1. The maximum atomic E-state index is 11.8. The molecule has 1 saturated carbocycles. The summed E-state index contributed by atoms with van der Waals surface area (Å²) in [6, 6.07) is 15.8. The van der Waals surface area contributed by atoms with Crippen molar-refractivity contribution < 1.29 is 13.2 Å². The topological polar surface area (TPSA) is 84.1 Å². The zero-order valence-corrected chi connectivity index (χ0v) is 17.3. The second-order valence-electron chi connectivity index (χ2n) is 7.26. The summed E-state index contributed by atoms with van der Waals surface area (Å²) in [6.07, 6.45) is 3.35. The van der Waals surface area contributed by atoms with Crippen LogP contribution in [0.25, 0.3) is 22.2 Å². The number of ether oxygens (including phenoxy) is 1. The fourth-order valence-electron chi connectivity index (χ4n) is 3.79. The van der Waals surface area contributed by atoms with Crippen LogP contribution in [-0.4, -0.2) is 25.8 Å². The van der Waals surface area contributed by atoms with Crippen molar-refractivity contribution in [1.29, 1.82) is 5.26 Å². The molecule has 0 atom stereocenters. The van der Waals surface area contributed by atoms with Crippen molar-refractivity contribution in [2.75, 3.05) is 17.6 Å². The Morgan fingerprint density at radius 3 is 2.48 bits per heavy atom. The number of fused-ring (bicyclic) bond motifs is 1. The van der Waals surface area contributed by atoms with E-state index in [2.05, 4.69) is 15.4 Å². The van der Waals surface area contributed by atoms with Crippen LogP contribution >= 0.6 is 0 Å². The van der Waals surface area contributed by atoms with Crippen LogP contribution < -0.4 is 9.46 Å². The Kier molecular flexibility index (Phi) is 4.97. The first-order chi connectivity index (χ1) is 14.0. The minimum atomic E-state index is -3.33. The van der Waals surface area contributed by atoms with Crippen molar-refractivity contribution in [3.8, 4) is 23.1 Å². The molecule has 3 aromatic rings. The lowest BCUT2D eigenvalue weighted by atomic mass is 9.92. The lowest BCUT2D eigenvalue weighted by molar-refractivity contribution is 0.324. The molecular formula is C22H23N3O3S. The monoisotopic (exact) mass is 409 g/mol. The molecule has 0 aliphatic heterocycles. The van der Waals surface area contributed by atoms with Gasteiger partial charge in [-0.1, -0.05) is 12.1 Å². The van der Waals surface area contributed by atoms with Crippen LogP contribution in [0.15, 0.2) is 42.5 Å². The van der Waals surface area contributed by atoms with Crippen molar-refractivity contribution in [1.82, 2.24) is 4.57 Å². The van der Waals surface area contributed by atoms with E-state index in [4.69, 9.17) is 4.74 Å². The van der Waals surface area contributed by atoms with Crippen LogP contribution in [0.2, 0.25) is 0 Å². The van der Waals surface area contributed by atoms with E-state index in [1.54, 1.807) is 26.2 Å². The molecule has 0 saturated heterocycles. The normalized spacial score (nSPS) is 14.4. The number of nitrogens with zero attached hydrogens (tertiary/aromatic N) is 2. The first-order valence-corrected chi connectivity index (χ1v) is 11.4. The molecule has 7 heteroatoms. The van der Waals surface area contributed by atoms with Gasteiger partial charge in [-0.05, 0) is 62.1 Å². The summed E-state index contributed by atoms with van der Waals surface area (Å²) in [4.78, 5) is 0. The summed E-state index contributed by atoms with van der Waals surface area (Å²) in [7, 11) is -1.71. The van der Waals surface area contributed by atoms with Gasteiger partial charge in [-0.2, -0.15) is 5.26 Å². The van der Waals surface area contributed by atoms with E-state index in [0.717, 1.165) is 40.8 Å². The Morgan fingerprint density at radius 2 is 1.93 bits per heavy atom. The highest BCUT2D eigenvalue weighted by atomic mass is 32.2. The second-order valence-corrected chi connectivity index (χ2v) is 9.27. The van der Waals surface area contributed by atoms with Gasteiger partial charge >= 0.3 is 0 Å². The van der Waals surface area contributed by atoms with Crippen molar-refractivity contribution in [2.24, 2.45) is 0 Å². The summed E-state index contributed by atoms with van der Waals surface area (Å²) in [6.45, 7) is 1.60. The molecule has 2 aromatic carbocycles. The standard InChI is InChI=1S/C22H23N3O3S/c1-3-29(26,27)24-16-9-7-15(8-10-16)22-20(14-23)19-13-18(28-2)11-12-21(19)25(22)17-5-4-6-17/h7-13,17,24H,3-6H2,1-2H3. The molecule has 0 bridgehead atoms. The molecule has 0 spiro atoms. The minimum Gasteiger partial charge on any atom is -0.497 e. The third-order valence-corrected chi connectivity index (χ3v) is 6.88. The number of hydrogen-bond acceptors (Lipinski definition) is 4. The average molecular weight is 410 g/mol. The van der Waals surface area contributed by atoms with Gasteiger partial charge in [0, 0.05) is 17.1 Å². The van der Waals surface area contributed by atoms with Crippen molar-refractivity contribution in [2.45, 2.75) is 32.2 Å². The lowest BCUT2D eigenvalue weighted by Gasteiger charge is -2.30. The third-order valence-electron chi connectivity index (χ3n) is 5.57. The smallest absolute Gasteiger partial charge is 0.232 e. The fourth-order valence-corrected chi connectivity index (χ4v) is 4.43. The molecule has 0 radical (unpaired) electrons. The van der Waals surface area contributed by atoms with Crippen molar-refractivity contribution >= 4 is 26.6 Å². The number of sulfonamides is 1. The third kappa shape index (κ3) is 3.45. The molecule has 4 rings (SSSR count). The maximum Gasteiger partial charge on any atom is 0.232 e. The van der Waals surface area contributed by atoms with Gasteiger partial charge in [0.1, 0.15) is 11.8 Å². The first-order valence-electron chi connectivity index (χ1n) is 9.70. The van der Waals surface area contributed by atoms with Crippen LogP contribution in [0, 0.1) is 11.3 Å². The van der Waals surface area contributed by atoms with E-state index in [-0.39, 0.29) is 5.75 Å². The number of hydrogen-bond donors (Lipinski definition) is 1. The number of rotatable bonds is 6. The molecular weight excluding hydrogens is 386 g/mol. The number of methoxy groups -OCH3 is 1. The zero-order valence-electron chi connectivity index (χ0n) is 16.5. The Morgan fingerprint density at radius 1 is 1.21 bits per heavy atom. The van der Waals surface area contributed by atoms with Crippen LogP contribution in [0.3, 0.4) is 0 Å². The number of nitrogens with one attached hydrogen (secondary N) is 1. The van der Waals surface area contributed by atoms with E-state index in [0.29, 0.717) is 17.3 Å². The van der Waals surface area contributed by atoms with Crippen LogP contribution in [0.1, 0.15) is 37.8 Å². The second kappa shape index (κ2) is 7.45. The molecule has 0 unspecified atom stereocenters. The molecule has 6 nitrogen and oxygen atoms in total. The van der Waals surface area contributed by atoms with E-state index in [1.807, 2.05) is 30.3 Å². The summed E-state index contributed by atoms with van der Waals surface area (Å²) < 4.78 is 33.8. The number of benzene rings is 2. The highest BCUT2D eigenvalue weighted by Gasteiger charge is 2.28. The van der Waals surface area contributed by atoms with E-state index in [9.17, 15) is 13.7 Å². The van der Waals surface area contributed by atoms with Gasteiger partial charge in [0.25, 0.3) is 0 Å². The van der Waals surface area contributed by atoms with Gasteiger partial charge in [0.05, 0.1) is 29.6 Å². The van der Waals surface area contributed by atoms with Gasteiger partial charge in [-0.3, -0.25) is 4.72 Å². The quantitative estimate of drug-likeness (QED) is 0.641. The van der Waals surface area contributed by atoms with E-state index >= 15 is 0 Å². The maximum absolute atomic E-state index is 11.8. The zero-order chi connectivity index (χ0) is 20.6. The summed E-state index contributed by atoms with van der Waals surface area (Å²) >= 11 is 0. The largest absolute Gasteiger partial charge is 0.497 e. The highest BCUT2D eigenvalue weighted by Crippen LogP contribution is 2.43. The first kappa shape index (κ1) is 19.3. The summed E-state index contributed by atoms with van der Waals surface area (Å²) in [5.74, 6) is 0.737.